The number of benzene rings is 1. The summed E-state index contributed by atoms with van der Waals surface area (Å²) < 4.78 is 49.0. The fraction of sp³-hybridized carbons (Fsp3) is 0.480. The lowest BCUT2D eigenvalue weighted by Crippen LogP contribution is -2.28. The highest BCUT2D eigenvalue weighted by atomic mass is 19.4. The molecule has 2 heterocycles. The van der Waals surface area contributed by atoms with E-state index < -0.39 is 23.3 Å². The molecule has 35 heavy (non-hydrogen) atoms. The molecular formula is C25H27F3N4O3. The Hall–Kier alpha value is -3.30. The largest absolute Gasteiger partial charge is 0.487 e. The first-order chi connectivity index (χ1) is 16.6. The van der Waals surface area contributed by atoms with Gasteiger partial charge in [0.25, 0.3) is 11.1 Å². The van der Waals surface area contributed by atoms with Crippen LogP contribution in [-0.4, -0.2) is 21.0 Å². The minimum Gasteiger partial charge on any atom is -0.487 e. The van der Waals surface area contributed by atoms with Gasteiger partial charge >= 0.3 is 6.18 Å². The van der Waals surface area contributed by atoms with Gasteiger partial charge in [-0.3, -0.25) is 9.59 Å². The maximum atomic E-state index is 13.4. The zero-order valence-electron chi connectivity index (χ0n) is 19.8. The zero-order valence-corrected chi connectivity index (χ0v) is 19.8. The summed E-state index contributed by atoms with van der Waals surface area (Å²) in [4.78, 5) is 26.3. The highest BCUT2D eigenvalue weighted by Crippen LogP contribution is 2.38. The number of halogens is 3. The molecule has 10 heteroatoms. The van der Waals surface area contributed by atoms with Gasteiger partial charge in [-0.1, -0.05) is 12.1 Å². The van der Waals surface area contributed by atoms with E-state index >= 15 is 0 Å². The van der Waals surface area contributed by atoms with Crippen molar-refractivity contribution in [3.63, 3.8) is 0 Å². The van der Waals surface area contributed by atoms with E-state index in [1.165, 1.54) is 20.0 Å². The molecule has 2 aliphatic rings. The Morgan fingerprint density at radius 2 is 1.89 bits per heavy atom. The van der Waals surface area contributed by atoms with Gasteiger partial charge in [0.15, 0.2) is 11.6 Å². The Morgan fingerprint density at radius 1 is 1.17 bits per heavy atom. The van der Waals surface area contributed by atoms with E-state index in [4.69, 9.17) is 4.74 Å². The summed E-state index contributed by atoms with van der Waals surface area (Å²) in [6.07, 6.45) is 0.934. The first kappa shape index (κ1) is 23.4. The highest BCUT2D eigenvalue weighted by molar-refractivity contribution is 5.94. The van der Waals surface area contributed by atoms with Gasteiger partial charge in [0, 0.05) is 19.3 Å². The van der Waals surface area contributed by atoms with Crippen LogP contribution in [0.4, 0.5) is 19.0 Å². The molecule has 3 aromatic rings. The fourth-order valence-electron chi connectivity index (χ4n) is 4.47. The molecule has 7 nitrogen and oxygen atoms in total. The zero-order chi connectivity index (χ0) is 25.1. The number of anilines is 1. The predicted octanol–water partition coefficient (Wildman–Crippen LogP) is 4.72. The van der Waals surface area contributed by atoms with Crippen LogP contribution in [0.15, 0.2) is 34.0 Å². The molecule has 0 unspecified atom stereocenters. The molecule has 2 fully saturated rings. The van der Waals surface area contributed by atoms with Gasteiger partial charge in [0.1, 0.15) is 5.39 Å². The second-order valence-corrected chi connectivity index (χ2v) is 9.61. The van der Waals surface area contributed by atoms with E-state index in [1.807, 2.05) is 0 Å². The van der Waals surface area contributed by atoms with Crippen LogP contribution in [-0.2, 0) is 13.2 Å². The number of hydrogen-bond donors (Lipinski definition) is 1. The molecule has 2 saturated carbocycles. The summed E-state index contributed by atoms with van der Waals surface area (Å²) in [6.45, 7) is 3.55. The first-order valence-corrected chi connectivity index (χ1v) is 11.8. The van der Waals surface area contributed by atoms with Crippen molar-refractivity contribution in [2.75, 3.05) is 11.9 Å². The first-order valence-electron chi connectivity index (χ1n) is 11.8. The van der Waals surface area contributed by atoms with Crippen molar-refractivity contribution in [3.8, 4) is 5.75 Å². The number of nitrogens with one attached hydrogen (secondary N) is 1. The van der Waals surface area contributed by atoms with Crippen LogP contribution in [0.2, 0.25) is 0 Å². The molecule has 5 rings (SSSR count). The molecule has 0 spiro atoms. The Balaban J connectivity index is 1.62. The fourth-order valence-corrected chi connectivity index (χ4v) is 4.47. The summed E-state index contributed by atoms with van der Waals surface area (Å²) >= 11 is 0. The number of pyridine rings is 1. The molecule has 1 aromatic carbocycles. The van der Waals surface area contributed by atoms with Crippen molar-refractivity contribution in [2.24, 2.45) is 13.0 Å². The lowest BCUT2D eigenvalue weighted by atomic mass is 9.97. The molecule has 0 aliphatic heterocycles. The average Bonchev–Trinajstić information content (AvgIpc) is 3.70. The van der Waals surface area contributed by atoms with Crippen LogP contribution < -0.4 is 21.2 Å². The predicted molar refractivity (Wildman–Crippen MR) is 126 cm³/mol. The molecule has 2 aliphatic carbocycles. The number of aryl methyl sites for hydroxylation is 1. The molecule has 1 N–H and O–H groups in total. The van der Waals surface area contributed by atoms with Crippen molar-refractivity contribution in [1.82, 2.24) is 14.3 Å². The number of rotatable bonds is 7. The standard InChI is InChI=1S/C25H27F3N4O3/c1-13-17(5-4-6-19(13)25(26,27)28)14(2)29-22-18-11-32(16-9-10-16)24(34)21(35-12-15-7-8-15)20(18)23(33)31(3)30-22/h4-6,11,14-16H,7-10,12H2,1-3H3,(H,29,30)/t14-/m1/s1. The van der Waals surface area contributed by atoms with Gasteiger partial charge in [-0.05, 0) is 62.6 Å². The molecule has 0 radical (unpaired) electrons. The Kier molecular flexibility index (Phi) is 5.64. The maximum absolute atomic E-state index is 13.4. The normalized spacial score (nSPS) is 17.0. The van der Waals surface area contributed by atoms with Crippen molar-refractivity contribution in [2.45, 2.75) is 57.8 Å². The number of hydrogen-bond acceptors (Lipinski definition) is 5. The quantitative estimate of drug-likeness (QED) is 0.521. The van der Waals surface area contributed by atoms with Crippen molar-refractivity contribution in [1.29, 1.82) is 0 Å². The topological polar surface area (TPSA) is 78.2 Å². The van der Waals surface area contributed by atoms with Crippen molar-refractivity contribution < 1.29 is 17.9 Å². The van der Waals surface area contributed by atoms with E-state index in [-0.39, 0.29) is 28.3 Å². The lowest BCUT2D eigenvalue weighted by molar-refractivity contribution is -0.138. The van der Waals surface area contributed by atoms with Crippen LogP contribution in [0, 0.1) is 12.8 Å². The van der Waals surface area contributed by atoms with Crippen LogP contribution in [0.1, 0.15) is 61.4 Å². The lowest BCUT2D eigenvalue weighted by Gasteiger charge is -2.22. The third-order valence-electron chi connectivity index (χ3n) is 6.81. The smallest absolute Gasteiger partial charge is 0.416 e. The van der Waals surface area contributed by atoms with Crippen LogP contribution in [0.3, 0.4) is 0 Å². The SMILES string of the molecule is Cc1c([C@@H](C)Nc2nn(C)c(=O)c3c(OCC4CC4)c(=O)n(C4CC4)cc23)cccc1C(F)(F)F. The Bertz CT molecular complexity index is 1420. The molecule has 1 atom stereocenters. The van der Waals surface area contributed by atoms with Gasteiger partial charge in [0.05, 0.1) is 23.6 Å². The summed E-state index contributed by atoms with van der Waals surface area (Å²) in [5.41, 5.74) is -0.905. The number of ether oxygens (including phenoxy) is 1. The van der Waals surface area contributed by atoms with Gasteiger partial charge in [-0.15, -0.1) is 0 Å². The van der Waals surface area contributed by atoms with Gasteiger partial charge in [-0.2, -0.15) is 18.3 Å². The van der Waals surface area contributed by atoms with Crippen LogP contribution in [0.25, 0.3) is 10.8 Å². The summed E-state index contributed by atoms with van der Waals surface area (Å²) in [6, 6.07) is 3.56. The monoisotopic (exact) mass is 488 g/mol. The molecule has 0 saturated heterocycles. The number of aromatic nitrogens is 3. The van der Waals surface area contributed by atoms with Gasteiger partial charge < -0.3 is 14.6 Å². The number of fused-ring (bicyclic) bond motifs is 1. The number of nitrogens with zero attached hydrogens (tertiary/aromatic N) is 3. The Morgan fingerprint density at radius 3 is 2.51 bits per heavy atom. The van der Waals surface area contributed by atoms with Gasteiger partial charge in [0.2, 0.25) is 0 Å². The van der Waals surface area contributed by atoms with Crippen LogP contribution in [0.5, 0.6) is 5.75 Å². The Labute approximate surface area is 199 Å². The molecular weight excluding hydrogens is 461 g/mol. The van der Waals surface area contributed by atoms with Crippen LogP contribution >= 0.6 is 0 Å². The second-order valence-electron chi connectivity index (χ2n) is 9.61. The molecule has 186 valence electrons. The second kappa shape index (κ2) is 8.42. The van der Waals surface area contributed by atoms with E-state index in [2.05, 4.69) is 10.4 Å². The summed E-state index contributed by atoms with van der Waals surface area (Å²) in [7, 11) is 1.48. The summed E-state index contributed by atoms with van der Waals surface area (Å²) in [5, 5.41) is 8.11. The molecule has 2 aromatic heterocycles. The minimum atomic E-state index is -4.46. The average molecular weight is 489 g/mol. The van der Waals surface area contributed by atoms with Crippen molar-refractivity contribution >= 4 is 16.6 Å². The third-order valence-corrected chi connectivity index (χ3v) is 6.81. The van der Waals surface area contributed by atoms with Crippen molar-refractivity contribution in [3.05, 3.63) is 61.8 Å². The molecule has 0 amide bonds. The minimum absolute atomic E-state index is 0.0234. The van der Waals surface area contributed by atoms with Gasteiger partial charge in [-0.25, -0.2) is 4.68 Å². The van der Waals surface area contributed by atoms with E-state index in [1.54, 1.807) is 23.8 Å². The van der Waals surface area contributed by atoms with E-state index in [9.17, 15) is 22.8 Å². The van der Waals surface area contributed by atoms with E-state index in [0.29, 0.717) is 29.3 Å². The van der Waals surface area contributed by atoms with E-state index in [0.717, 1.165) is 36.4 Å². The third kappa shape index (κ3) is 4.41. The molecule has 0 bridgehead atoms. The summed E-state index contributed by atoms with van der Waals surface area (Å²) in [5.74, 6) is 0.707. The maximum Gasteiger partial charge on any atom is 0.416 e. The number of alkyl halides is 3. The highest BCUT2D eigenvalue weighted by Gasteiger charge is 2.34.